The Balaban J connectivity index is 1.26. The third kappa shape index (κ3) is 6.67. The third-order valence-corrected chi connectivity index (χ3v) is 7.43. The minimum absolute atomic E-state index is 0.00187. The predicted molar refractivity (Wildman–Crippen MR) is 122 cm³/mol. The molecular formula is C25H33F3N2O5. The molecule has 0 radical (unpaired) electrons. The van der Waals surface area contributed by atoms with Gasteiger partial charge in [0.25, 0.3) is 5.88 Å². The summed E-state index contributed by atoms with van der Waals surface area (Å²) in [6, 6.07) is 5.29. The highest BCUT2D eigenvalue weighted by Gasteiger charge is 2.40. The number of halogens is 3. The molecule has 1 N–H and O–H groups in total. The Labute approximate surface area is 202 Å². The number of ether oxygens (including phenoxy) is 2. The molecule has 7 nitrogen and oxygen atoms in total. The molecule has 35 heavy (non-hydrogen) atoms. The average Bonchev–Trinajstić information content (AvgIpc) is 3.26. The first-order chi connectivity index (χ1) is 16.8. The molecule has 1 aromatic carbocycles. The van der Waals surface area contributed by atoms with Crippen molar-refractivity contribution in [3.8, 4) is 5.88 Å². The molecule has 1 aromatic heterocycles. The van der Waals surface area contributed by atoms with E-state index in [4.69, 9.17) is 14.0 Å². The van der Waals surface area contributed by atoms with Crippen LogP contribution in [0.2, 0.25) is 0 Å². The number of rotatable bonds is 10. The zero-order valence-electron chi connectivity index (χ0n) is 19.8. The highest BCUT2D eigenvalue weighted by atomic mass is 19.4. The minimum atomic E-state index is -4.17. The monoisotopic (exact) mass is 498 g/mol. The SMILES string of the molecule is O=C(O)C1(CCN2CCC(COc3noc4cccc(CCCC(F)(F)F)c34)CC2)CCOCC1. The lowest BCUT2D eigenvalue weighted by Gasteiger charge is -2.37. The van der Waals surface area contributed by atoms with Gasteiger partial charge in [0, 0.05) is 19.6 Å². The van der Waals surface area contributed by atoms with E-state index < -0.39 is 24.0 Å². The summed E-state index contributed by atoms with van der Waals surface area (Å²) < 4.78 is 54.4. The van der Waals surface area contributed by atoms with E-state index in [2.05, 4.69) is 10.1 Å². The number of hydrogen-bond acceptors (Lipinski definition) is 6. The molecule has 0 spiro atoms. The molecule has 2 aromatic rings. The van der Waals surface area contributed by atoms with Gasteiger partial charge in [-0.25, -0.2) is 0 Å². The van der Waals surface area contributed by atoms with Crippen LogP contribution in [0, 0.1) is 11.3 Å². The first-order valence-electron chi connectivity index (χ1n) is 12.4. The molecule has 0 unspecified atom stereocenters. The van der Waals surface area contributed by atoms with Crippen LogP contribution in [0.1, 0.15) is 50.5 Å². The van der Waals surface area contributed by atoms with E-state index in [1.54, 1.807) is 18.2 Å². The molecule has 2 aliphatic rings. The van der Waals surface area contributed by atoms with Gasteiger partial charge in [-0.3, -0.25) is 4.79 Å². The van der Waals surface area contributed by atoms with Gasteiger partial charge in [-0.15, -0.1) is 0 Å². The van der Waals surface area contributed by atoms with Crippen molar-refractivity contribution in [2.75, 3.05) is 39.5 Å². The second-order valence-electron chi connectivity index (χ2n) is 9.79. The quantitative estimate of drug-likeness (QED) is 0.489. The second-order valence-corrected chi connectivity index (χ2v) is 9.79. The van der Waals surface area contributed by atoms with Gasteiger partial charge in [0.1, 0.15) is 0 Å². The molecule has 4 rings (SSSR count). The average molecular weight is 499 g/mol. The number of aromatic nitrogens is 1. The van der Waals surface area contributed by atoms with Crippen LogP contribution in [-0.2, 0) is 16.0 Å². The number of fused-ring (bicyclic) bond motifs is 1. The number of aliphatic carboxylic acids is 1. The molecule has 2 saturated heterocycles. The lowest BCUT2D eigenvalue weighted by atomic mass is 9.77. The predicted octanol–water partition coefficient (Wildman–Crippen LogP) is 5.08. The first-order valence-corrected chi connectivity index (χ1v) is 12.4. The highest BCUT2D eigenvalue weighted by molar-refractivity contribution is 5.85. The summed E-state index contributed by atoms with van der Waals surface area (Å²) in [4.78, 5) is 14.2. The Morgan fingerprint density at radius 1 is 1.23 bits per heavy atom. The summed E-state index contributed by atoms with van der Waals surface area (Å²) in [5.74, 6) is -0.0541. The van der Waals surface area contributed by atoms with Gasteiger partial charge in [0.15, 0.2) is 5.58 Å². The zero-order chi connectivity index (χ0) is 24.9. The molecule has 194 valence electrons. The van der Waals surface area contributed by atoms with Gasteiger partial charge >= 0.3 is 12.1 Å². The summed E-state index contributed by atoms with van der Waals surface area (Å²) >= 11 is 0. The van der Waals surface area contributed by atoms with Crippen LogP contribution in [0.3, 0.4) is 0 Å². The summed E-state index contributed by atoms with van der Waals surface area (Å²) in [6.07, 6.45) is -1.10. The minimum Gasteiger partial charge on any atom is -0.481 e. The van der Waals surface area contributed by atoms with Crippen LogP contribution in [0.5, 0.6) is 5.88 Å². The molecule has 0 bridgehead atoms. The second kappa shape index (κ2) is 11.2. The molecule has 0 aliphatic carbocycles. The van der Waals surface area contributed by atoms with Crippen LogP contribution in [0.4, 0.5) is 13.2 Å². The summed E-state index contributed by atoms with van der Waals surface area (Å²) in [5, 5.41) is 14.4. The van der Waals surface area contributed by atoms with Gasteiger partial charge in [0.05, 0.1) is 17.4 Å². The topological polar surface area (TPSA) is 85.0 Å². The van der Waals surface area contributed by atoms with Crippen molar-refractivity contribution in [3.05, 3.63) is 23.8 Å². The van der Waals surface area contributed by atoms with E-state index in [9.17, 15) is 23.1 Å². The third-order valence-electron chi connectivity index (χ3n) is 7.43. The molecular weight excluding hydrogens is 465 g/mol. The number of carbonyl (C=O) groups is 1. The van der Waals surface area contributed by atoms with E-state index in [0.29, 0.717) is 61.9 Å². The van der Waals surface area contributed by atoms with Crippen molar-refractivity contribution in [2.45, 2.75) is 57.5 Å². The Bertz CT molecular complexity index is 979. The smallest absolute Gasteiger partial charge is 0.389 e. The molecule has 0 atom stereocenters. The Hall–Kier alpha value is -2.33. The van der Waals surface area contributed by atoms with Crippen molar-refractivity contribution in [1.82, 2.24) is 10.1 Å². The number of piperidine rings is 1. The van der Waals surface area contributed by atoms with Gasteiger partial charge in [-0.05, 0) is 87.3 Å². The van der Waals surface area contributed by atoms with E-state index in [-0.39, 0.29) is 12.8 Å². The van der Waals surface area contributed by atoms with Crippen LogP contribution >= 0.6 is 0 Å². The molecule has 10 heteroatoms. The first kappa shape index (κ1) is 25.8. The summed E-state index contributed by atoms with van der Waals surface area (Å²) in [6.45, 7) is 3.99. The molecule has 2 fully saturated rings. The number of carboxylic acids is 1. The van der Waals surface area contributed by atoms with Crippen molar-refractivity contribution in [2.24, 2.45) is 11.3 Å². The highest BCUT2D eigenvalue weighted by Crippen LogP contribution is 2.35. The lowest BCUT2D eigenvalue weighted by molar-refractivity contribution is -0.156. The van der Waals surface area contributed by atoms with Gasteiger partial charge < -0.3 is 24.0 Å². The fourth-order valence-corrected chi connectivity index (χ4v) is 5.10. The molecule has 0 amide bonds. The fraction of sp³-hybridized carbons (Fsp3) is 0.680. The van der Waals surface area contributed by atoms with Crippen molar-refractivity contribution in [1.29, 1.82) is 0 Å². The number of alkyl halides is 3. The molecule has 0 saturated carbocycles. The number of likely N-dealkylation sites (tertiary alicyclic amines) is 1. The zero-order valence-corrected chi connectivity index (χ0v) is 19.8. The van der Waals surface area contributed by atoms with E-state index in [1.165, 1.54) is 0 Å². The van der Waals surface area contributed by atoms with Crippen LogP contribution in [0.25, 0.3) is 11.0 Å². The van der Waals surface area contributed by atoms with Crippen molar-refractivity contribution >= 4 is 16.9 Å². The van der Waals surface area contributed by atoms with E-state index >= 15 is 0 Å². The molecule has 2 aliphatic heterocycles. The summed E-state index contributed by atoms with van der Waals surface area (Å²) in [7, 11) is 0. The molecule has 3 heterocycles. The number of carboxylic acid groups (broad SMARTS) is 1. The Morgan fingerprint density at radius 3 is 2.66 bits per heavy atom. The number of nitrogens with zero attached hydrogens (tertiary/aromatic N) is 2. The summed E-state index contributed by atoms with van der Waals surface area (Å²) in [5.41, 5.74) is 0.586. The van der Waals surface area contributed by atoms with Crippen LogP contribution in [0.15, 0.2) is 22.7 Å². The van der Waals surface area contributed by atoms with E-state index in [1.807, 2.05) is 0 Å². The van der Waals surface area contributed by atoms with Gasteiger partial charge in [-0.2, -0.15) is 13.2 Å². The van der Waals surface area contributed by atoms with Crippen LogP contribution in [-0.4, -0.2) is 66.8 Å². The Morgan fingerprint density at radius 2 is 1.97 bits per heavy atom. The largest absolute Gasteiger partial charge is 0.481 e. The maximum Gasteiger partial charge on any atom is 0.389 e. The fourth-order valence-electron chi connectivity index (χ4n) is 5.10. The van der Waals surface area contributed by atoms with Crippen molar-refractivity contribution < 1.29 is 37.1 Å². The number of hydrogen-bond donors (Lipinski definition) is 1. The van der Waals surface area contributed by atoms with Gasteiger partial charge in [0.2, 0.25) is 0 Å². The number of aryl methyl sites for hydroxylation is 1. The van der Waals surface area contributed by atoms with E-state index in [0.717, 1.165) is 38.0 Å². The normalized spacial score (nSPS) is 19.7. The van der Waals surface area contributed by atoms with Crippen LogP contribution < -0.4 is 4.74 Å². The van der Waals surface area contributed by atoms with Crippen molar-refractivity contribution in [3.63, 3.8) is 0 Å². The number of benzene rings is 1. The van der Waals surface area contributed by atoms with Gasteiger partial charge in [-0.1, -0.05) is 12.1 Å². The Kier molecular flexibility index (Phi) is 8.21. The maximum absolute atomic E-state index is 12.6. The maximum atomic E-state index is 12.6. The lowest BCUT2D eigenvalue weighted by Crippen LogP contribution is -2.42. The standard InChI is InChI=1S/C25H33F3N2O5/c26-25(27,28)8-2-4-19-3-1-5-20-21(19)22(29-35-20)34-17-18-6-12-30(13-7-18)14-9-24(23(31)32)10-15-33-16-11-24/h1,3,5,18H,2,4,6-17H2,(H,31,32).